The molecule has 0 atom stereocenters. The van der Waals surface area contributed by atoms with Gasteiger partial charge < -0.3 is 15.4 Å². The van der Waals surface area contributed by atoms with Crippen molar-refractivity contribution >= 4 is 22.0 Å². The van der Waals surface area contributed by atoms with E-state index in [0.29, 0.717) is 30.7 Å². The van der Waals surface area contributed by atoms with E-state index in [9.17, 15) is 18.0 Å². The van der Waals surface area contributed by atoms with Crippen LogP contribution in [0.15, 0.2) is 54.6 Å². The van der Waals surface area contributed by atoms with E-state index in [0.717, 1.165) is 24.7 Å². The Morgan fingerprint density at radius 2 is 1.66 bits per heavy atom. The third-order valence-electron chi connectivity index (χ3n) is 5.88. The van der Waals surface area contributed by atoms with E-state index in [1.54, 1.807) is 18.2 Å². The Balaban J connectivity index is 1.71. The van der Waals surface area contributed by atoms with Gasteiger partial charge in [0.15, 0.2) is 0 Å². The van der Waals surface area contributed by atoms with Gasteiger partial charge in [-0.15, -0.1) is 0 Å². The number of rotatable bonds is 7. The molecule has 0 spiro atoms. The minimum Gasteiger partial charge on any atom is -0.496 e. The molecular weight excluding hydrogens is 430 g/mol. The van der Waals surface area contributed by atoms with Gasteiger partial charge in [0.25, 0.3) is 5.91 Å². The third-order valence-corrected chi connectivity index (χ3v) is 6.44. The van der Waals surface area contributed by atoms with Crippen molar-refractivity contribution in [2.45, 2.75) is 37.1 Å². The van der Waals surface area contributed by atoms with Crippen LogP contribution in [0, 0.1) is 0 Å². The molecule has 1 aliphatic rings. The largest absolute Gasteiger partial charge is 0.496 e. The average Bonchev–Trinajstić information content (AvgIpc) is 2.78. The second kappa shape index (κ2) is 10.0. The molecule has 32 heavy (non-hydrogen) atoms. The lowest BCUT2D eigenvalue weighted by molar-refractivity contribution is 0.0932. The lowest BCUT2D eigenvalue weighted by atomic mass is 9.68. The number of sulfonamides is 1. The summed E-state index contributed by atoms with van der Waals surface area (Å²) in [6.45, 7) is 0.441. The van der Waals surface area contributed by atoms with Crippen LogP contribution in [-0.2, 0) is 15.4 Å². The summed E-state index contributed by atoms with van der Waals surface area (Å²) in [5, 5.41) is 5.81. The van der Waals surface area contributed by atoms with Crippen molar-refractivity contribution in [3.8, 4) is 5.75 Å². The first-order valence-electron chi connectivity index (χ1n) is 10.5. The zero-order chi connectivity index (χ0) is 23.2. The molecular formula is C23H29N3O5S. The highest BCUT2D eigenvalue weighted by Crippen LogP contribution is 2.39. The van der Waals surface area contributed by atoms with Gasteiger partial charge in [-0.2, -0.15) is 0 Å². The van der Waals surface area contributed by atoms with Gasteiger partial charge in [0, 0.05) is 18.0 Å². The van der Waals surface area contributed by atoms with Gasteiger partial charge in [-0.1, -0.05) is 42.5 Å². The van der Waals surface area contributed by atoms with E-state index in [1.165, 1.54) is 7.11 Å². The molecule has 2 aromatic carbocycles. The molecule has 3 amide bonds. The number of ether oxygens (including phenoxy) is 1. The number of nitrogens with one attached hydrogen (secondary N) is 3. The van der Waals surface area contributed by atoms with Gasteiger partial charge in [-0.3, -0.25) is 4.79 Å². The monoisotopic (exact) mass is 459 g/mol. The number of hydrogen-bond acceptors (Lipinski definition) is 5. The first-order chi connectivity index (χ1) is 15.2. The summed E-state index contributed by atoms with van der Waals surface area (Å²) in [6, 6.07) is 16.2. The van der Waals surface area contributed by atoms with E-state index < -0.39 is 16.1 Å². The van der Waals surface area contributed by atoms with Crippen LogP contribution in [-0.4, -0.2) is 46.3 Å². The lowest BCUT2D eigenvalue weighted by Crippen LogP contribution is -2.49. The number of amides is 3. The zero-order valence-corrected chi connectivity index (χ0v) is 19.1. The summed E-state index contributed by atoms with van der Waals surface area (Å²) in [4.78, 5) is 24.8. The molecule has 9 heteroatoms. The van der Waals surface area contributed by atoms with Crippen LogP contribution in [0.4, 0.5) is 4.79 Å². The number of para-hydroxylation sites is 1. The molecule has 1 fully saturated rings. The van der Waals surface area contributed by atoms with Gasteiger partial charge >= 0.3 is 6.03 Å². The van der Waals surface area contributed by atoms with Crippen molar-refractivity contribution in [2.75, 3.05) is 19.9 Å². The fourth-order valence-electron chi connectivity index (χ4n) is 4.23. The Bertz CT molecular complexity index is 1050. The molecule has 0 saturated heterocycles. The van der Waals surface area contributed by atoms with Crippen molar-refractivity contribution in [1.29, 1.82) is 0 Å². The van der Waals surface area contributed by atoms with E-state index in [2.05, 4.69) is 22.8 Å². The summed E-state index contributed by atoms with van der Waals surface area (Å²) in [5.74, 6) is 0.314. The lowest BCUT2D eigenvalue weighted by Gasteiger charge is -2.41. The normalized spacial score (nSPS) is 20.8. The SMILES string of the molecule is COc1ccccc1C(=O)NC[C@]1(c2ccccc2)CC[C@H](NC(=O)NS(C)(=O)=O)CC1. The van der Waals surface area contributed by atoms with Crippen molar-refractivity contribution < 1.29 is 22.7 Å². The van der Waals surface area contributed by atoms with E-state index in [-0.39, 0.29) is 17.4 Å². The molecule has 0 aromatic heterocycles. The van der Waals surface area contributed by atoms with E-state index >= 15 is 0 Å². The van der Waals surface area contributed by atoms with Crippen LogP contribution in [0.3, 0.4) is 0 Å². The predicted octanol–water partition coefficient (Wildman–Crippen LogP) is 2.56. The number of methoxy groups -OCH3 is 1. The molecule has 0 aliphatic heterocycles. The smallest absolute Gasteiger partial charge is 0.328 e. The van der Waals surface area contributed by atoms with Crippen molar-refractivity contribution in [3.05, 3.63) is 65.7 Å². The molecule has 1 aliphatic carbocycles. The molecule has 2 aromatic rings. The molecule has 0 heterocycles. The fourth-order valence-corrected chi connectivity index (χ4v) is 4.63. The molecule has 3 N–H and O–H groups in total. The number of hydrogen-bond donors (Lipinski definition) is 3. The van der Waals surface area contributed by atoms with Crippen molar-refractivity contribution in [1.82, 2.24) is 15.4 Å². The Kier molecular flexibility index (Phi) is 7.40. The standard InChI is InChI=1S/C23H29N3O5S/c1-31-20-11-7-6-10-19(20)21(27)24-16-23(17-8-4-3-5-9-17)14-12-18(13-15-23)25-22(28)26-32(2,29)30/h3-11,18H,12-16H2,1-2H3,(H,24,27)(H2,25,26,28)/t18-,23-. The van der Waals surface area contributed by atoms with Crippen LogP contribution >= 0.6 is 0 Å². The van der Waals surface area contributed by atoms with E-state index in [4.69, 9.17) is 4.74 Å². The van der Waals surface area contributed by atoms with E-state index in [1.807, 2.05) is 29.0 Å². The molecule has 3 rings (SSSR count). The quantitative estimate of drug-likeness (QED) is 0.589. The first-order valence-corrected chi connectivity index (χ1v) is 12.4. The van der Waals surface area contributed by atoms with Crippen molar-refractivity contribution in [3.63, 3.8) is 0 Å². The maximum atomic E-state index is 12.9. The maximum absolute atomic E-state index is 12.9. The van der Waals surface area contributed by atoms with Gasteiger partial charge in [0.1, 0.15) is 5.75 Å². The summed E-state index contributed by atoms with van der Waals surface area (Å²) in [5.41, 5.74) is 1.31. The second-order valence-electron chi connectivity index (χ2n) is 8.15. The number of benzene rings is 2. The maximum Gasteiger partial charge on any atom is 0.328 e. The number of carbonyl (C=O) groups is 2. The van der Waals surface area contributed by atoms with Crippen LogP contribution in [0.2, 0.25) is 0 Å². The minimum atomic E-state index is -3.61. The topological polar surface area (TPSA) is 114 Å². The number of carbonyl (C=O) groups excluding carboxylic acids is 2. The van der Waals surface area contributed by atoms with Gasteiger partial charge in [-0.05, 0) is 43.4 Å². The Hall–Kier alpha value is -3.07. The molecule has 1 saturated carbocycles. The molecule has 0 unspecified atom stereocenters. The molecule has 0 radical (unpaired) electrons. The van der Waals surface area contributed by atoms with Gasteiger partial charge in [0.05, 0.1) is 18.9 Å². The third kappa shape index (κ3) is 6.00. The highest BCUT2D eigenvalue weighted by molar-refractivity contribution is 7.89. The summed E-state index contributed by atoms with van der Waals surface area (Å²) in [7, 11) is -2.08. The molecule has 0 bridgehead atoms. The summed E-state index contributed by atoms with van der Waals surface area (Å²) in [6.07, 6.45) is 3.73. The first kappa shape index (κ1) is 23.6. The molecule has 172 valence electrons. The van der Waals surface area contributed by atoms with Crippen LogP contribution < -0.4 is 20.1 Å². The average molecular weight is 460 g/mol. The predicted molar refractivity (Wildman–Crippen MR) is 122 cm³/mol. The summed E-state index contributed by atoms with van der Waals surface area (Å²) >= 11 is 0. The Labute approximate surface area is 188 Å². The van der Waals surface area contributed by atoms with Crippen molar-refractivity contribution in [2.24, 2.45) is 0 Å². The van der Waals surface area contributed by atoms with Gasteiger partial charge in [-0.25, -0.2) is 17.9 Å². The molecule has 8 nitrogen and oxygen atoms in total. The highest BCUT2D eigenvalue weighted by Gasteiger charge is 2.37. The van der Waals surface area contributed by atoms with Gasteiger partial charge in [0.2, 0.25) is 10.0 Å². The zero-order valence-electron chi connectivity index (χ0n) is 18.3. The van der Waals surface area contributed by atoms with Crippen LogP contribution in [0.25, 0.3) is 0 Å². The Morgan fingerprint density at radius 1 is 1.03 bits per heavy atom. The minimum absolute atomic E-state index is 0.140. The van der Waals surface area contributed by atoms with Crippen LogP contribution in [0.5, 0.6) is 5.75 Å². The highest BCUT2D eigenvalue weighted by atomic mass is 32.2. The fraction of sp³-hybridized carbons (Fsp3) is 0.391. The Morgan fingerprint density at radius 3 is 2.28 bits per heavy atom. The van der Waals surface area contributed by atoms with Crippen LogP contribution in [0.1, 0.15) is 41.6 Å². The second-order valence-corrected chi connectivity index (χ2v) is 9.90. The summed E-state index contributed by atoms with van der Waals surface area (Å²) < 4.78 is 29.8. The number of urea groups is 1.